The molecule has 0 atom stereocenters. The van der Waals surface area contributed by atoms with Gasteiger partial charge >= 0.3 is 0 Å². The Balaban J connectivity index is 2.55. The van der Waals surface area contributed by atoms with Crippen LogP contribution in [0, 0.1) is 0 Å². The van der Waals surface area contributed by atoms with Gasteiger partial charge in [0.05, 0.1) is 18.0 Å². The van der Waals surface area contributed by atoms with E-state index >= 15 is 0 Å². The highest BCUT2D eigenvalue weighted by Crippen LogP contribution is 2.15. The largest absolute Gasteiger partial charge is 0.351 e. The lowest BCUT2D eigenvalue weighted by molar-refractivity contribution is -0.122. The minimum Gasteiger partial charge on any atom is -0.351 e. The van der Waals surface area contributed by atoms with Crippen molar-refractivity contribution in [3.05, 3.63) is 16.1 Å². The van der Waals surface area contributed by atoms with Crippen molar-refractivity contribution in [1.82, 2.24) is 10.3 Å². The lowest BCUT2D eigenvalue weighted by atomic mass is 9.95. The number of rotatable bonds is 6. The molecule has 0 saturated carbocycles. The van der Waals surface area contributed by atoms with Gasteiger partial charge in [-0.15, -0.1) is 22.9 Å². The molecular weight excluding hydrogens is 256 g/mol. The van der Waals surface area contributed by atoms with Crippen LogP contribution in [0.3, 0.4) is 0 Å². The molecular formula is C12H19ClN2OS. The second kappa shape index (κ2) is 6.36. The van der Waals surface area contributed by atoms with Crippen molar-refractivity contribution in [1.29, 1.82) is 0 Å². The summed E-state index contributed by atoms with van der Waals surface area (Å²) in [5, 5.41) is 5.79. The third-order valence-corrected chi connectivity index (χ3v) is 4.22. The van der Waals surface area contributed by atoms with Gasteiger partial charge in [-0.1, -0.05) is 13.8 Å². The molecule has 1 aromatic heterocycles. The molecule has 1 heterocycles. The predicted octanol–water partition coefficient (Wildman–Crippen LogP) is 3.12. The second-order valence-corrected chi connectivity index (χ2v) is 5.57. The molecule has 0 aliphatic heterocycles. The maximum atomic E-state index is 11.9. The minimum atomic E-state index is -0.107. The standard InChI is InChI=1S/C12H19ClN2OS/c1-4-12(3,5-2)15-10(16)6-11-14-9(7-13)8-17-11/h8H,4-7H2,1-3H3,(H,15,16). The molecule has 0 bridgehead atoms. The van der Waals surface area contributed by atoms with E-state index in [1.165, 1.54) is 11.3 Å². The fourth-order valence-electron chi connectivity index (χ4n) is 1.44. The number of amides is 1. The number of halogens is 1. The van der Waals surface area contributed by atoms with Crippen LogP contribution in [0.15, 0.2) is 5.38 Å². The first-order chi connectivity index (χ1) is 8.03. The van der Waals surface area contributed by atoms with Crippen molar-refractivity contribution < 1.29 is 4.79 Å². The van der Waals surface area contributed by atoms with E-state index in [0.717, 1.165) is 23.5 Å². The molecule has 0 unspecified atom stereocenters. The van der Waals surface area contributed by atoms with Crippen molar-refractivity contribution >= 4 is 28.8 Å². The summed E-state index contributed by atoms with van der Waals surface area (Å²) in [7, 11) is 0. The molecule has 96 valence electrons. The topological polar surface area (TPSA) is 42.0 Å². The summed E-state index contributed by atoms with van der Waals surface area (Å²) in [6.45, 7) is 6.23. The highest BCUT2D eigenvalue weighted by Gasteiger charge is 2.22. The van der Waals surface area contributed by atoms with Gasteiger partial charge in [0.1, 0.15) is 5.01 Å². The van der Waals surface area contributed by atoms with Gasteiger partial charge in [0, 0.05) is 10.9 Å². The van der Waals surface area contributed by atoms with E-state index in [9.17, 15) is 4.79 Å². The number of alkyl halides is 1. The third kappa shape index (κ3) is 4.28. The van der Waals surface area contributed by atoms with E-state index in [1.54, 1.807) is 0 Å². The molecule has 0 spiro atoms. The Bertz CT molecular complexity index is 374. The Morgan fingerprint density at radius 3 is 2.65 bits per heavy atom. The molecule has 1 rings (SSSR count). The number of thiazole rings is 1. The molecule has 0 aliphatic rings. The van der Waals surface area contributed by atoms with Crippen LogP contribution in [-0.4, -0.2) is 16.4 Å². The third-order valence-electron chi connectivity index (χ3n) is 3.05. The second-order valence-electron chi connectivity index (χ2n) is 4.36. The molecule has 0 aromatic carbocycles. The zero-order chi connectivity index (χ0) is 12.9. The Hall–Kier alpha value is -0.610. The highest BCUT2D eigenvalue weighted by atomic mass is 35.5. The summed E-state index contributed by atoms with van der Waals surface area (Å²) in [4.78, 5) is 16.1. The molecule has 0 radical (unpaired) electrons. The van der Waals surface area contributed by atoms with Gasteiger partial charge in [0.25, 0.3) is 0 Å². The number of aromatic nitrogens is 1. The molecule has 5 heteroatoms. The van der Waals surface area contributed by atoms with Gasteiger partial charge in [0.15, 0.2) is 0 Å². The van der Waals surface area contributed by atoms with Crippen molar-refractivity contribution in [3.63, 3.8) is 0 Å². The SMILES string of the molecule is CCC(C)(CC)NC(=O)Cc1nc(CCl)cs1. The molecule has 0 fully saturated rings. The quantitative estimate of drug-likeness (QED) is 0.810. The van der Waals surface area contributed by atoms with E-state index in [-0.39, 0.29) is 11.4 Å². The smallest absolute Gasteiger partial charge is 0.227 e. The van der Waals surface area contributed by atoms with Crippen molar-refractivity contribution in [2.24, 2.45) is 0 Å². The van der Waals surface area contributed by atoms with Crippen LogP contribution in [-0.2, 0) is 17.1 Å². The molecule has 1 aromatic rings. The lowest BCUT2D eigenvalue weighted by Gasteiger charge is -2.28. The van der Waals surface area contributed by atoms with Crippen LogP contribution >= 0.6 is 22.9 Å². The van der Waals surface area contributed by atoms with Crippen LogP contribution in [0.4, 0.5) is 0 Å². The van der Waals surface area contributed by atoms with E-state index in [0.29, 0.717) is 12.3 Å². The van der Waals surface area contributed by atoms with Crippen molar-refractivity contribution in [2.45, 2.75) is 51.5 Å². The predicted molar refractivity (Wildman–Crippen MR) is 72.5 cm³/mol. The number of hydrogen-bond acceptors (Lipinski definition) is 3. The van der Waals surface area contributed by atoms with Crippen LogP contribution in [0.1, 0.15) is 44.3 Å². The Kier molecular flexibility index (Phi) is 5.40. The van der Waals surface area contributed by atoms with Crippen molar-refractivity contribution in [3.8, 4) is 0 Å². The maximum absolute atomic E-state index is 11.9. The molecule has 0 aliphatic carbocycles. The monoisotopic (exact) mass is 274 g/mol. The van der Waals surface area contributed by atoms with Gasteiger partial charge in [-0.25, -0.2) is 4.98 Å². The van der Waals surface area contributed by atoms with Gasteiger partial charge < -0.3 is 5.32 Å². The van der Waals surface area contributed by atoms with E-state index in [4.69, 9.17) is 11.6 Å². The number of nitrogens with zero attached hydrogens (tertiary/aromatic N) is 1. The first-order valence-corrected chi connectivity index (χ1v) is 7.24. The summed E-state index contributed by atoms with van der Waals surface area (Å²) in [5.41, 5.74) is 0.733. The zero-order valence-electron chi connectivity index (χ0n) is 10.5. The normalized spacial score (nSPS) is 11.5. The van der Waals surface area contributed by atoms with Gasteiger partial charge in [0.2, 0.25) is 5.91 Å². The average molecular weight is 275 g/mol. The van der Waals surface area contributed by atoms with Gasteiger partial charge in [-0.2, -0.15) is 0 Å². The Morgan fingerprint density at radius 2 is 2.18 bits per heavy atom. The fraction of sp³-hybridized carbons (Fsp3) is 0.667. The lowest BCUT2D eigenvalue weighted by Crippen LogP contribution is -2.45. The Morgan fingerprint density at radius 1 is 1.53 bits per heavy atom. The fourth-order valence-corrected chi connectivity index (χ4v) is 2.46. The number of carbonyl (C=O) groups excluding carboxylic acids is 1. The highest BCUT2D eigenvalue weighted by molar-refractivity contribution is 7.09. The molecule has 17 heavy (non-hydrogen) atoms. The molecule has 1 amide bonds. The van der Waals surface area contributed by atoms with E-state index in [1.807, 2.05) is 5.38 Å². The van der Waals surface area contributed by atoms with Crippen LogP contribution in [0.25, 0.3) is 0 Å². The summed E-state index contributed by atoms with van der Waals surface area (Å²) < 4.78 is 0. The van der Waals surface area contributed by atoms with Crippen LogP contribution < -0.4 is 5.32 Å². The molecule has 1 N–H and O–H groups in total. The minimum absolute atomic E-state index is 0.0340. The number of hydrogen-bond donors (Lipinski definition) is 1. The number of nitrogens with one attached hydrogen (secondary N) is 1. The summed E-state index contributed by atoms with van der Waals surface area (Å²) in [6, 6.07) is 0. The van der Waals surface area contributed by atoms with Crippen LogP contribution in [0.5, 0.6) is 0 Å². The first kappa shape index (κ1) is 14.5. The van der Waals surface area contributed by atoms with Gasteiger partial charge in [-0.3, -0.25) is 4.79 Å². The summed E-state index contributed by atoms with van der Waals surface area (Å²) in [6.07, 6.45) is 2.21. The average Bonchev–Trinajstić information content (AvgIpc) is 2.76. The number of carbonyl (C=O) groups is 1. The first-order valence-electron chi connectivity index (χ1n) is 5.83. The molecule has 0 saturated heterocycles. The Labute approximate surface area is 112 Å². The maximum Gasteiger partial charge on any atom is 0.227 e. The van der Waals surface area contributed by atoms with E-state index < -0.39 is 0 Å². The molecule has 3 nitrogen and oxygen atoms in total. The van der Waals surface area contributed by atoms with Crippen molar-refractivity contribution in [2.75, 3.05) is 0 Å². The van der Waals surface area contributed by atoms with E-state index in [2.05, 4.69) is 31.1 Å². The van der Waals surface area contributed by atoms with Gasteiger partial charge in [-0.05, 0) is 19.8 Å². The zero-order valence-corrected chi connectivity index (χ0v) is 12.1. The summed E-state index contributed by atoms with van der Waals surface area (Å²) in [5.74, 6) is 0.436. The van der Waals surface area contributed by atoms with Crippen LogP contribution in [0.2, 0.25) is 0 Å². The summed E-state index contributed by atoms with van der Waals surface area (Å²) >= 11 is 7.16.